The van der Waals surface area contributed by atoms with Crippen LogP contribution in [0.4, 0.5) is 29.1 Å². The molecule has 176 valence electrons. The van der Waals surface area contributed by atoms with Crippen molar-refractivity contribution in [3.8, 4) is 6.07 Å². The Balaban J connectivity index is 1.56. The SMILES string of the molecule is N#CCC1(n2cc(C(N)=O)c(Nc3ccc(C(F)(F)F)cc3)n2)CCC(N2CC(F)C2)CC1. The van der Waals surface area contributed by atoms with Crippen molar-refractivity contribution in [1.82, 2.24) is 14.7 Å². The summed E-state index contributed by atoms with van der Waals surface area (Å²) in [7, 11) is 0. The molecule has 2 aliphatic rings. The van der Waals surface area contributed by atoms with Gasteiger partial charge >= 0.3 is 6.18 Å². The number of primary amides is 1. The summed E-state index contributed by atoms with van der Waals surface area (Å²) in [6.07, 6.45) is -0.792. The van der Waals surface area contributed by atoms with Crippen LogP contribution >= 0.6 is 0 Å². The quantitative estimate of drug-likeness (QED) is 0.631. The molecule has 1 saturated heterocycles. The fourth-order valence-electron chi connectivity index (χ4n) is 4.66. The van der Waals surface area contributed by atoms with Crippen LogP contribution < -0.4 is 11.1 Å². The van der Waals surface area contributed by atoms with E-state index in [4.69, 9.17) is 5.73 Å². The molecule has 11 heteroatoms. The third kappa shape index (κ3) is 4.66. The van der Waals surface area contributed by atoms with Gasteiger partial charge in [0.25, 0.3) is 5.91 Å². The molecule has 0 radical (unpaired) electrons. The van der Waals surface area contributed by atoms with Crippen molar-refractivity contribution in [3.63, 3.8) is 0 Å². The summed E-state index contributed by atoms with van der Waals surface area (Å²) in [6.45, 7) is 0.870. The van der Waals surface area contributed by atoms with E-state index in [1.807, 2.05) is 0 Å². The maximum Gasteiger partial charge on any atom is 0.416 e. The number of hydrogen-bond donors (Lipinski definition) is 2. The Labute approximate surface area is 188 Å². The maximum atomic E-state index is 13.2. The maximum absolute atomic E-state index is 13.2. The molecule has 4 rings (SSSR count). The summed E-state index contributed by atoms with van der Waals surface area (Å²) in [5, 5.41) is 16.8. The standard InChI is InChI=1S/C22H24F4N6O/c23-15-11-31(12-15)17-5-7-21(8-6-17,9-10-27)32-13-18(19(28)33)20(30-32)29-16-3-1-14(2-4-16)22(24,25)26/h1-4,13,15,17H,5-9,11-12H2,(H2,28,33)(H,29,30). The predicted molar refractivity (Wildman–Crippen MR) is 112 cm³/mol. The minimum Gasteiger partial charge on any atom is -0.365 e. The summed E-state index contributed by atoms with van der Waals surface area (Å²) >= 11 is 0. The molecule has 0 atom stereocenters. The first-order valence-electron chi connectivity index (χ1n) is 10.7. The van der Waals surface area contributed by atoms with E-state index in [-0.39, 0.29) is 23.8 Å². The second kappa shape index (κ2) is 8.67. The molecule has 0 unspecified atom stereocenters. The van der Waals surface area contributed by atoms with Gasteiger partial charge in [-0.25, -0.2) is 4.39 Å². The third-order valence-electron chi connectivity index (χ3n) is 6.62. The van der Waals surface area contributed by atoms with Crippen LogP contribution in [0.2, 0.25) is 0 Å². The zero-order valence-corrected chi connectivity index (χ0v) is 17.8. The summed E-state index contributed by atoms with van der Waals surface area (Å²) in [4.78, 5) is 14.2. The molecule has 7 nitrogen and oxygen atoms in total. The van der Waals surface area contributed by atoms with Gasteiger partial charge in [0.15, 0.2) is 5.82 Å². The van der Waals surface area contributed by atoms with Gasteiger partial charge in [-0.2, -0.15) is 23.5 Å². The van der Waals surface area contributed by atoms with Crippen LogP contribution in [-0.4, -0.2) is 45.9 Å². The number of halogens is 4. The minimum atomic E-state index is -4.46. The van der Waals surface area contributed by atoms with Gasteiger partial charge in [0, 0.05) is 31.0 Å². The summed E-state index contributed by atoms with van der Waals surface area (Å²) in [6, 6.07) is 6.80. The smallest absolute Gasteiger partial charge is 0.365 e. The predicted octanol–water partition coefficient (Wildman–Crippen LogP) is 3.95. The van der Waals surface area contributed by atoms with E-state index in [1.165, 1.54) is 18.3 Å². The van der Waals surface area contributed by atoms with Crippen molar-refractivity contribution in [2.45, 2.75) is 56.0 Å². The monoisotopic (exact) mass is 464 g/mol. The van der Waals surface area contributed by atoms with Crippen molar-refractivity contribution >= 4 is 17.4 Å². The molecule has 2 fully saturated rings. The Bertz CT molecular complexity index is 1040. The fraction of sp³-hybridized carbons (Fsp3) is 0.500. The van der Waals surface area contributed by atoms with Crippen molar-refractivity contribution < 1.29 is 22.4 Å². The Morgan fingerprint density at radius 1 is 1.24 bits per heavy atom. The molecule has 1 saturated carbocycles. The summed E-state index contributed by atoms with van der Waals surface area (Å²) in [5.41, 5.74) is 4.48. The van der Waals surface area contributed by atoms with Crippen molar-refractivity contribution in [1.29, 1.82) is 5.26 Å². The van der Waals surface area contributed by atoms with Crippen LogP contribution in [0, 0.1) is 11.3 Å². The molecule has 2 heterocycles. The molecule has 1 amide bonds. The Morgan fingerprint density at radius 3 is 2.39 bits per heavy atom. The number of nitrogens with two attached hydrogens (primary N) is 1. The van der Waals surface area contributed by atoms with Gasteiger partial charge in [-0.1, -0.05) is 0 Å². The van der Waals surface area contributed by atoms with Gasteiger partial charge in [-0.15, -0.1) is 0 Å². The van der Waals surface area contributed by atoms with Crippen LogP contribution in [0.25, 0.3) is 0 Å². The van der Waals surface area contributed by atoms with Gasteiger partial charge in [-0.05, 0) is 49.9 Å². The first-order valence-corrected chi connectivity index (χ1v) is 10.7. The highest BCUT2D eigenvalue weighted by molar-refractivity contribution is 5.98. The van der Waals surface area contributed by atoms with E-state index < -0.39 is 29.4 Å². The number of amides is 1. The summed E-state index contributed by atoms with van der Waals surface area (Å²) < 4.78 is 53.3. The molecule has 3 N–H and O–H groups in total. The molecule has 33 heavy (non-hydrogen) atoms. The van der Waals surface area contributed by atoms with E-state index >= 15 is 0 Å². The van der Waals surface area contributed by atoms with Crippen molar-refractivity contribution in [3.05, 3.63) is 41.6 Å². The Morgan fingerprint density at radius 2 is 1.88 bits per heavy atom. The largest absolute Gasteiger partial charge is 0.416 e. The van der Waals surface area contributed by atoms with Crippen LogP contribution in [0.5, 0.6) is 0 Å². The molecule has 0 spiro atoms. The average Bonchev–Trinajstić information content (AvgIpc) is 3.17. The number of rotatable bonds is 6. The number of likely N-dealkylation sites (tertiary alicyclic amines) is 1. The van der Waals surface area contributed by atoms with E-state index in [0.717, 1.165) is 25.0 Å². The number of alkyl halides is 4. The molecule has 1 aliphatic carbocycles. The number of nitrogens with one attached hydrogen (secondary N) is 1. The highest BCUT2D eigenvalue weighted by Gasteiger charge is 2.42. The van der Waals surface area contributed by atoms with Crippen LogP contribution in [0.15, 0.2) is 30.5 Å². The highest BCUT2D eigenvalue weighted by atomic mass is 19.4. The molecule has 1 aliphatic heterocycles. The van der Waals surface area contributed by atoms with Crippen LogP contribution in [0.1, 0.15) is 48.0 Å². The zero-order chi connectivity index (χ0) is 23.8. The fourth-order valence-corrected chi connectivity index (χ4v) is 4.66. The van der Waals surface area contributed by atoms with Gasteiger partial charge in [0.2, 0.25) is 0 Å². The lowest BCUT2D eigenvalue weighted by molar-refractivity contribution is -0.137. The zero-order valence-electron chi connectivity index (χ0n) is 17.8. The lowest BCUT2D eigenvalue weighted by Gasteiger charge is -2.46. The molecule has 2 aromatic rings. The number of aromatic nitrogens is 2. The van der Waals surface area contributed by atoms with Crippen LogP contribution in [0.3, 0.4) is 0 Å². The molecular formula is C22H24F4N6O. The second-order valence-corrected chi connectivity index (χ2v) is 8.74. The molecule has 1 aromatic heterocycles. The molecular weight excluding hydrogens is 440 g/mol. The van der Waals surface area contributed by atoms with Crippen molar-refractivity contribution in [2.75, 3.05) is 18.4 Å². The van der Waals surface area contributed by atoms with Crippen LogP contribution in [-0.2, 0) is 11.7 Å². The van der Waals surface area contributed by atoms with E-state index in [0.29, 0.717) is 31.6 Å². The summed E-state index contributed by atoms with van der Waals surface area (Å²) in [5.74, 6) is -0.629. The minimum absolute atomic E-state index is 0.0809. The number of anilines is 2. The lowest BCUT2D eigenvalue weighted by atomic mass is 9.76. The van der Waals surface area contributed by atoms with Gasteiger partial charge in [-0.3, -0.25) is 14.4 Å². The number of nitrogens with zero attached hydrogens (tertiary/aromatic N) is 4. The van der Waals surface area contributed by atoms with E-state index in [2.05, 4.69) is 21.4 Å². The average molecular weight is 464 g/mol. The second-order valence-electron chi connectivity index (χ2n) is 8.74. The number of carbonyl (C=O) groups excluding carboxylic acids is 1. The number of hydrogen-bond acceptors (Lipinski definition) is 5. The van der Waals surface area contributed by atoms with Gasteiger partial charge < -0.3 is 11.1 Å². The highest BCUT2D eigenvalue weighted by Crippen LogP contribution is 2.41. The normalized spacial score (nSPS) is 24.2. The Kier molecular flexibility index (Phi) is 6.05. The van der Waals surface area contributed by atoms with Gasteiger partial charge in [0.1, 0.15) is 11.7 Å². The Hall–Kier alpha value is -3.13. The first-order chi connectivity index (χ1) is 15.6. The van der Waals surface area contributed by atoms with E-state index in [9.17, 15) is 27.6 Å². The van der Waals surface area contributed by atoms with Crippen molar-refractivity contribution in [2.24, 2.45) is 5.73 Å². The van der Waals surface area contributed by atoms with Gasteiger partial charge in [0.05, 0.1) is 23.6 Å². The lowest BCUT2D eigenvalue weighted by Crippen LogP contribution is -2.55. The number of nitriles is 1. The third-order valence-corrected chi connectivity index (χ3v) is 6.62. The number of benzene rings is 1. The molecule has 1 aromatic carbocycles. The first kappa shape index (κ1) is 23.0. The number of carbonyl (C=O) groups is 1. The molecule has 0 bridgehead atoms. The topological polar surface area (TPSA) is 100.0 Å². The van der Waals surface area contributed by atoms with E-state index in [1.54, 1.807) is 4.68 Å².